The van der Waals surface area contributed by atoms with Gasteiger partial charge in [-0.05, 0) is 34.1 Å². The van der Waals surface area contributed by atoms with Crippen molar-refractivity contribution >= 4 is 16.6 Å². The Kier molecular flexibility index (Phi) is 5.13. The SMILES string of the molecule is C=C1C=CC=CN1C1(C(=O)CC)Cc2cc3ccccc3cc2C1.CC. The topological polar surface area (TPSA) is 20.3 Å². The van der Waals surface area contributed by atoms with E-state index in [4.69, 9.17) is 0 Å². The molecule has 2 aromatic rings. The molecule has 4 rings (SSSR count). The van der Waals surface area contributed by atoms with Crippen LogP contribution in [0.15, 0.2) is 73.1 Å². The summed E-state index contributed by atoms with van der Waals surface area (Å²) in [6.07, 6.45) is 9.97. The zero-order valence-corrected chi connectivity index (χ0v) is 16.0. The van der Waals surface area contributed by atoms with Gasteiger partial charge in [-0.25, -0.2) is 0 Å². The number of carbonyl (C=O) groups is 1. The Morgan fingerprint density at radius 2 is 1.65 bits per heavy atom. The molecule has 0 amide bonds. The molecule has 1 heterocycles. The van der Waals surface area contributed by atoms with E-state index in [-0.39, 0.29) is 5.78 Å². The maximum absolute atomic E-state index is 13.0. The Bertz CT molecular complexity index is 859. The third-order valence-corrected chi connectivity index (χ3v) is 5.28. The molecular weight excluding hydrogens is 318 g/mol. The largest absolute Gasteiger partial charge is 0.335 e. The van der Waals surface area contributed by atoms with E-state index >= 15 is 0 Å². The first kappa shape index (κ1) is 18.2. The molecule has 2 aliphatic rings. The molecule has 1 aliphatic heterocycles. The molecule has 0 fully saturated rings. The summed E-state index contributed by atoms with van der Waals surface area (Å²) in [5.41, 5.74) is 2.92. The Hall–Kier alpha value is -2.61. The summed E-state index contributed by atoms with van der Waals surface area (Å²) >= 11 is 0. The van der Waals surface area contributed by atoms with Crippen LogP contribution in [0, 0.1) is 0 Å². The number of ketones is 1. The summed E-state index contributed by atoms with van der Waals surface area (Å²) in [6, 6.07) is 12.9. The monoisotopic (exact) mass is 345 g/mol. The highest BCUT2D eigenvalue weighted by atomic mass is 16.1. The molecular formula is C24H27NO. The number of rotatable bonds is 3. The van der Waals surface area contributed by atoms with Gasteiger partial charge in [0, 0.05) is 31.2 Å². The minimum Gasteiger partial charge on any atom is -0.335 e. The number of fused-ring (bicyclic) bond motifs is 2. The van der Waals surface area contributed by atoms with Gasteiger partial charge in [0.15, 0.2) is 5.78 Å². The van der Waals surface area contributed by atoms with Gasteiger partial charge in [-0.15, -0.1) is 0 Å². The van der Waals surface area contributed by atoms with Crippen LogP contribution in [0.4, 0.5) is 0 Å². The Balaban J connectivity index is 0.000000948. The number of allylic oxidation sites excluding steroid dienone is 3. The van der Waals surface area contributed by atoms with Crippen LogP contribution in [0.2, 0.25) is 0 Å². The number of hydrogen-bond acceptors (Lipinski definition) is 2. The molecule has 1 aliphatic carbocycles. The van der Waals surface area contributed by atoms with Crippen molar-refractivity contribution in [1.82, 2.24) is 4.90 Å². The molecule has 0 radical (unpaired) electrons. The third kappa shape index (κ3) is 2.90. The molecule has 2 aromatic carbocycles. The Morgan fingerprint density at radius 3 is 2.15 bits per heavy atom. The van der Waals surface area contributed by atoms with Crippen LogP contribution >= 0.6 is 0 Å². The van der Waals surface area contributed by atoms with Crippen molar-refractivity contribution in [1.29, 1.82) is 0 Å². The molecule has 0 N–H and O–H groups in total. The molecule has 0 aromatic heterocycles. The predicted molar refractivity (Wildman–Crippen MR) is 110 cm³/mol. The maximum Gasteiger partial charge on any atom is 0.159 e. The van der Waals surface area contributed by atoms with Crippen molar-refractivity contribution < 1.29 is 4.79 Å². The highest BCUT2D eigenvalue weighted by Crippen LogP contribution is 2.40. The smallest absolute Gasteiger partial charge is 0.159 e. The van der Waals surface area contributed by atoms with Crippen LogP contribution in [0.25, 0.3) is 10.8 Å². The fourth-order valence-corrected chi connectivity index (χ4v) is 4.08. The summed E-state index contributed by atoms with van der Waals surface area (Å²) in [7, 11) is 0. The van der Waals surface area contributed by atoms with Gasteiger partial charge >= 0.3 is 0 Å². The normalized spacial score (nSPS) is 17.0. The minimum atomic E-state index is -0.535. The molecule has 0 bridgehead atoms. The standard InChI is InChI=1S/C22H21NO.C2H6/c1-3-21(24)22(23-11-7-6-8-16(23)2)14-19-12-17-9-4-5-10-18(17)13-20(19)15-22;1-2/h4-13H,2-3,14-15H2,1H3;1-2H3. The van der Waals surface area contributed by atoms with E-state index in [2.05, 4.69) is 47.9 Å². The van der Waals surface area contributed by atoms with E-state index in [1.807, 2.05) is 45.2 Å². The number of benzene rings is 2. The second kappa shape index (κ2) is 7.33. The van der Waals surface area contributed by atoms with Gasteiger partial charge in [0.25, 0.3) is 0 Å². The van der Waals surface area contributed by atoms with E-state index in [1.165, 1.54) is 21.9 Å². The molecule has 2 nitrogen and oxygen atoms in total. The second-order valence-corrected chi connectivity index (χ2v) is 6.69. The number of nitrogens with zero attached hydrogens (tertiary/aromatic N) is 1. The average Bonchev–Trinajstić information content (AvgIpc) is 3.06. The van der Waals surface area contributed by atoms with Crippen molar-refractivity contribution in [3.63, 3.8) is 0 Å². The summed E-state index contributed by atoms with van der Waals surface area (Å²) in [5.74, 6) is 0.281. The predicted octanol–water partition coefficient (Wildman–Crippen LogP) is 5.58. The van der Waals surface area contributed by atoms with Crippen LogP contribution in [-0.2, 0) is 17.6 Å². The molecule has 26 heavy (non-hydrogen) atoms. The maximum atomic E-state index is 13.0. The van der Waals surface area contributed by atoms with E-state index in [0.29, 0.717) is 6.42 Å². The highest BCUT2D eigenvalue weighted by Gasteiger charge is 2.47. The molecule has 134 valence electrons. The summed E-state index contributed by atoms with van der Waals surface area (Å²) in [5, 5.41) is 2.48. The van der Waals surface area contributed by atoms with E-state index in [9.17, 15) is 4.79 Å². The lowest BCUT2D eigenvalue weighted by atomic mass is 9.86. The van der Waals surface area contributed by atoms with Gasteiger partial charge in [-0.2, -0.15) is 0 Å². The number of hydrogen-bond donors (Lipinski definition) is 0. The lowest BCUT2D eigenvalue weighted by Gasteiger charge is -2.40. The van der Waals surface area contributed by atoms with Crippen LogP contribution in [0.5, 0.6) is 0 Å². The third-order valence-electron chi connectivity index (χ3n) is 5.28. The van der Waals surface area contributed by atoms with Gasteiger partial charge < -0.3 is 4.90 Å². The van der Waals surface area contributed by atoms with E-state index in [0.717, 1.165) is 18.5 Å². The van der Waals surface area contributed by atoms with Gasteiger partial charge in [0.1, 0.15) is 5.54 Å². The van der Waals surface area contributed by atoms with Crippen molar-refractivity contribution in [2.24, 2.45) is 0 Å². The molecule has 0 saturated heterocycles. The summed E-state index contributed by atoms with van der Waals surface area (Å²) in [6.45, 7) is 10.1. The highest BCUT2D eigenvalue weighted by molar-refractivity contribution is 5.92. The average molecular weight is 345 g/mol. The second-order valence-electron chi connectivity index (χ2n) is 6.69. The molecule has 0 spiro atoms. The van der Waals surface area contributed by atoms with Crippen molar-refractivity contribution in [2.75, 3.05) is 0 Å². The van der Waals surface area contributed by atoms with Crippen molar-refractivity contribution in [3.8, 4) is 0 Å². The van der Waals surface area contributed by atoms with Crippen LogP contribution in [-0.4, -0.2) is 16.2 Å². The minimum absolute atomic E-state index is 0.281. The van der Waals surface area contributed by atoms with E-state index in [1.54, 1.807) is 0 Å². The van der Waals surface area contributed by atoms with E-state index < -0.39 is 5.54 Å². The van der Waals surface area contributed by atoms with Crippen LogP contribution < -0.4 is 0 Å². The van der Waals surface area contributed by atoms with Gasteiger partial charge in [0.05, 0.1) is 0 Å². The summed E-state index contributed by atoms with van der Waals surface area (Å²) in [4.78, 5) is 15.1. The van der Waals surface area contributed by atoms with Gasteiger partial charge in [-0.3, -0.25) is 4.79 Å². The Labute approximate surface area is 156 Å². The lowest BCUT2D eigenvalue weighted by molar-refractivity contribution is -0.128. The summed E-state index contributed by atoms with van der Waals surface area (Å²) < 4.78 is 0. The molecule has 0 saturated carbocycles. The van der Waals surface area contributed by atoms with Gasteiger partial charge in [-0.1, -0.05) is 69.8 Å². The quantitative estimate of drug-likeness (QED) is 0.723. The number of carbonyl (C=O) groups excluding carboxylic acids is 1. The van der Waals surface area contributed by atoms with Crippen LogP contribution in [0.3, 0.4) is 0 Å². The first-order chi connectivity index (χ1) is 12.6. The molecule has 0 unspecified atom stereocenters. The molecule has 2 heteroatoms. The van der Waals surface area contributed by atoms with Crippen molar-refractivity contribution in [2.45, 2.75) is 45.6 Å². The first-order valence-corrected chi connectivity index (χ1v) is 9.51. The van der Waals surface area contributed by atoms with Crippen LogP contribution in [0.1, 0.15) is 38.3 Å². The number of Topliss-reactive ketones (excluding diaryl/α,β-unsaturated/α-hetero) is 1. The first-order valence-electron chi connectivity index (χ1n) is 9.51. The fraction of sp³-hybridized carbons (Fsp3) is 0.292. The van der Waals surface area contributed by atoms with Crippen molar-refractivity contribution in [3.05, 3.63) is 84.2 Å². The molecule has 0 atom stereocenters. The fourth-order valence-electron chi connectivity index (χ4n) is 4.08. The zero-order valence-electron chi connectivity index (χ0n) is 16.0. The zero-order chi connectivity index (χ0) is 18.7. The van der Waals surface area contributed by atoms with Gasteiger partial charge in [0.2, 0.25) is 0 Å². The lowest BCUT2D eigenvalue weighted by Crippen LogP contribution is -2.52. The Morgan fingerprint density at radius 1 is 1.08 bits per heavy atom.